The Balaban J connectivity index is 1.74. The topological polar surface area (TPSA) is 18.5 Å². The highest BCUT2D eigenvalue weighted by molar-refractivity contribution is 8.04. The van der Waals surface area contributed by atoms with Gasteiger partial charge in [-0.25, -0.2) is 0 Å². The SMILES string of the molecule is Cc1cc(C)c(C)c(SC#CCCCOC2CCCCO2)c1C. The van der Waals surface area contributed by atoms with Gasteiger partial charge in [0.05, 0.1) is 6.61 Å². The average molecular weight is 333 g/mol. The first kappa shape index (κ1) is 18.4. The normalized spacial score (nSPS) is 17.7. The molecular formula is C20H28O2S. The van der Waals surface area contributed by atoms with Crippen molar-refractivity contribution in [1.82, 2.24) is 0 Å². The van der Waals surface area contributed by atoms with Gasteiger partial charge in [0.25, 0.3) is 0 Å². The maximum absolute atomic E-state index is 5.72. The van der Waals surface area contributed by atoms with Gasteiger partial charge in [0.1, 0.15) is 0 Å². The van der Waals surface area contributed by atoms with Gasteiger partial charge in [-0.2, -0.15) is 0 Å². The van der Waals surface area contributed by atoms with E-state index in [2.05, 4.69) is 44.9 Å². The molecule has 126 valence electrons. The van der Waals surface area contributed by atoms with Crippen molar-refractivity contribution in [3.8, 4) is 11.2 Å². The van der Waals surface area contributed by atoms with Crippen LogP contribution in [-0.2, 0) is 9.47 Å². The summed E-state index contributed by atoms with van der Waals surface area (Å²) < 4.78 is 11.3. The van der Waals surface area contributed by atoms with E-state index in [-0.39, 0.29) is 6.29 Å². The molecule has 1 aromatic rings. The van der Waals surface area contributed by atoms with Gasteiger partial charge in [-0.05, 0) is 92.6 Å². The van der Waals surface area contributed by atoms with Crippen molar-refractivity contribution in [3.05, 3.63) is 28.3 Å². The van der Waals surface area contributed by atoms with Crippen LogP contribution in [0.15, 0.2) is 11.0 Å². The molecule has 1 heterocycles. The number of hydrogen-bond donors (Lipinski definition) is 0. The molecule has 0 aliphatic carbocycles. The van der Waals surface area contributed by atoms with Crippen LogP contribution in [0.1, 0.15) is 54.4 Å². The predicted molar refractivity (Wildman–Crippen MR) is 97.8 cm³/mol. The number of thioether (sulfide) groups is 1. The summed E-state index contributed by atoms with van der Waals surface area (Å²) in [6, 6.07) is 2.26. The molecule has 1 fully saturated rings. The van der Waals surface area contributed by atoms with Crippen LogP contribution in [0.3, 0.4) is 0 Å². The van der Waals surface area contributed by atoms with E-state index in [0.717, 1.165) is 32.5 Å². The van der Waals surface area contributed by atoms with Gasteiger partial charge in [0.2, 0.25) is 0 Å². The first-order chi connectivity index (χ1) is 11.1. The van der Waals surface area contributed by atoms with Crippen LogP contribution in [0, 0.1) is 38.9 Å². The maximum atomic E-state index is 5.72. The quantitative estimate of drug-likeness (QED) is 0.414. The summed E-state index contributed by atoms with van der Waals surface area (Å²) in [4.78, 5) is 1.32. The molecule has 1 atom stereocenters. The summed E-state index contributed by atoms with van der Waals surface area (Å²) in [6.45, 7) is 10.3. The van der Waals surface area contributed by atoms with E-state index in [0.29, 0.717) is 0 Å². The first-order valence-corrected chi connectivity index (χ1v) is 9.36. The molecule has 0 bridgehead atoms. The first-order valence-electron chi connectivity index (χ1n) is 8.55. The smallest absolute Gasteiger partial charge is 0.157 e. The molecule has 2 rings (SSSR count). The van der Waals surface area contributed by atoms with E-state index < -0.39 is 0 Å². The highest BCUT2D eigenvalue weighted by Crippen LogP contribution is 2.30. The van der Waals surface area contributed by atoms with Crippen molar-refractivity contribution < 1.29 is 9.47 Å². The van der Waals surface area contributed by atoms with Gasteiger partial charge >= 0.3 is 0 Å². The highest BCUT2D eigenvalue weighted by atomic mass is 32.2. The lowest BCUT2D eigenvalue weighted by Gasteiger charge is -2.22. The number of aryl methyl sites for hydroxylation is 2. The summed E-state index contributed by atoms with van der Waals surface area (Å²) >= 11 is 1.66. The predicted octanol–water partition coefficient (Wildman–Crippen LogP) is 5.30. The van der Waals surface area contributed by atoms with Crippen molar-refractivity contribution >= 4 is 11.8 Å². The molecule has 0 saturated carbocycles. The second-order valence-electron chi connectivity index (χ2n) is 6.24. The van der Waals surface area contributed by atoms with Crippen molar-refractivity contribution in [2.45, 2.75) is 71.0 Å². The molecule has 0 spiro atoms. The van der Waals surface area contributed by atoms with E-state index in [1.807, 2.05) is 0 Å². The van der Waals surface area contributed by atoms with Crippen LogP contribution in [0.4, 0.5) is 0 Å². The van der Waals surface area contributed by atoms with Crippen LogP contribution in [-0.4, -0.2) is 19.5 Å². The van der Waals surface area contributed by atoms with Crippen molar-refractivity contribution in [1.29, 1.82) is 0 Å². The minimum atomic E-state index is 0.0200. The van der Waals surface area contributed by atoms with Crippen LogP contribution < -0.4 is 0 Å². The molecule has 0 N–H and O–H groups in total. The molecule has 3 heteroatoms. The second kappa shape index (κ2) is 9.37. The Morgan fingerprint density at radius 3 is 2.57 bits per heavy atom. The van der Waals surface area contributed by atoms with Crippen LogP contribution in [0.2, 0.25) is 0 Å². The minimum Gasteiger partial charge on any atom is -0.353 e. The summed E-state index contributed by atoms with van der Waals surface area (Å²) in [5, 5.41) is 3.26. The monoisotopic (exact) mass is 332 g/mol. The van der Waals surface area contributed by atoms with Crippen LogP contribution in [0.25, 0.3) is 0 Å². The van der Waals surface area contributed by atoms with Crippen molar-refractivity contribution in [2.75, 3.05) is 13.2 Å². The lowest BCUT2D eigenvalue weighted by molar-refractivity contribution is -0.162. The molecule has 1 aliphatic heterocycles. The van der Waals surface area contributed by atoms with Gasteiger partial charge < -0.3 is 9.47 Å². The molecule has 0 amide bonds. The number of benzene rings is 1. The zero-order valence-electron chi connectivity index (χ0n) is 14.8. The zero-order chi connectivity index (χ0) is 16.7. The third-order valence-corrected chi connectivity index (χ3v) is 5.47. The number of hydrogen-bond acceptors (Lipinski definition) is 3. The Morgan fingerprint density at radius 1 is 1.17 bits per heavy atom. The molecule has 1 saturated heterocycles. The van der Waals surface area contributed by atoms with Gasteiger partial charge in [-0.3, -0.25) is 0 Å². The Hall–Kier alpha value is -0.950. The van der Waals surface area contributed by atoms with Crippen molar-refractivity contribution in [3.63, 3.8) is 0 Å². The van der Waals surface area contributed by atoms with Crippen LogP contribution >= 0.6 is 11.8 Å². The van der Waals surface area contributed by atoms with E-state index in [1.54, 1.807) is 11.8 Å². The average Bonchev–Trinajstić information content (AvgIpc) is 2.56. The molecule has 0 radical (unpaired) electrons. The Morgan fingerprint density at radius 2 is 1.91 bits per heavy atom. The molecule has 1 aromatic carbocycles. The molecule has 1 aliphatic rings. The molecule has 0 aromatic heterocycles. The van der Waals surface area contributed by atoms with E-state index in [1.165, 1.54) is 40.0 Å². The van der Waals surface area contributed by atoms with Gasteiger partial charge in [-0.1, -0.05) is 12.0 Å². The zero-order valence-corrected chi connectivity index (χ0v) is 15.6. The fourth-order valence-electron chi connectivity index (χ4n) is 2.69. The van der Waals surface area contributed by atoms with Crippen LogP contribution in [0.5, 0.6) is 0 Å². The van der Waals surface area contributed by atoms with Gasteiger partial charge in [0.15, 0.2) is 6.29 Å². The number of rotatable bonds is 5. The van der Waals surface area contributed by atoms with E-state index in [4.69, 9.17) is 9.47 Å². The molecule has 2 nitrogen and oxygen atoms in total. The molecular weight excluding hydrogens is 304 g/mol. The lowest BCUT2D eigenvalue weighted by Crippen LogP contribution is -2.22. The summed E-state index contributed by atoms with van der Waals surface area (Å²) in [5.74, 6) is 3.26. The fraction of sp³-hybridized carbons (Fsp3) is 0.600. The Labute approximate surface area is 145 Å². The Bertz CT molecular complexity index is 551. The number of unbranched alkanes of at least 4 members (excludes halogenated alkanes) is 1. The molecule has 23 heavy (non-hydrogen) atoms. The standard InChI is InChI=1S/C20H28O2S/c1-15-14-16(2)18(4)20(17(15)3)23-13-9-5-7-11-21-19-10-6-8-12-22-19/h14,19H,5-8,10-12H2,1-4H3. The van der Waals surface area contributed by atoms with E-state index in [9.17, 15) is 0 Å². The third-order valence-electron chi connectivity index (χ3n) is 4.41. The minimum absolute atomic E-state index is 0.0200. The molecule has 1 unspecified atom stereocenters. The van der Waals surface area contributed by atoms with Crippen molar-refractivity contribution in [2.24, 2.45) is 0 Å². The highest BCUT2D eigenvalue weighted by Gasteiger charge is 2.13. The Kier molecular flexibility index (Phi) is 7.49. The second-order valence-corrected chi connectivity index (χ2v) is 7.06. The lowest BCUT2D eigenvalue weighted by atomic mass is 10.0. The van der Waals surface area contributed by atoms with E-state index >= 15 is 0 Å². The number of ether oxygens (including phenoxy) is 2. The maximum Gasteiger partial charge on any atom is 0.157 e. The summed E-state index contributed by atoms with van der Waals surface area (Å²) in [6.07, 6.45) is 5.29. The third kappa shape index (κ3) is 5.57. The summed E-state index contributed by atoms with van der Waals surface area (Å²) in [7, 11) is 0. The van der Waals surface area contributed by atoms with Gasteiger partial charge in [0, 0.05) is 17.9 Å². The largest absolute Gasteiger partial charge is 0.353 e. The van der Waals surface area contributed by atoms with Gasteiger partial charge in [-0.15, -0.1) is 0 Å². The fourth-order valence-corrected chi connectivity index (χ4v) is 3.59. The summed E-state index contributed by atoms with van der Waals surface area (Å²) in [5.41, 5.74) is 5.40.